The number of carboxylic acid groups (broad SMARTS) is 1. The molecule has 0 aromatic heterocycles. The molecule has 2 amide bonds. The minimum atomic E-state index is -1.54. The number of amides is 2. The van der Waals surface area contributed by atoms with Gasteiger partial charge in [0.05, 0.1) is 6.54 Å². The van der Waals surface area contributed by atoms with Gasteiger partial charge < -0.3 is 20.4 Å². The number of urea groups is 1. The molecule has 0 spiro atoms. The molecular formula is C11H20N2O4. The van der Waals surface area contributed by atoms with Crippen LogP contribution in [0.25, 0.3) is 0 Å². The van der Waals surface area contributed by atoms with Crippen molar-refractivity contribution in [1.29, 1.82) is 0 Å². The van der Waals surface area contributed by atoms with E-state index in [-0.39, 0.29) is 18.6 Å². The van der Waals surface area contributed by atoms with Crippen molar-refractivity contribution in [3.8, 4) is 0 Å². The molecule has 98 valence electrons. The number of carboxylic acids is 1. The van der Waals surface area contributed by atoms with Crippen molar-refractivity contribution < 1.29 is 19.8 Å². The normalized spacial score (nSPS) is 18.5. The molecule has 1 fully saturated rings. The summed E-state index contributed by atoms with van der Waals surface area (Å²) in [5.41, 5.74) is 0. The predicted molar refractivity (Wildman–Crippen MR) is 61.7 cm³/mol. The number of carbonyl (C=O) groups excluding carboxylic acids is 1. The quantitative estimate of drug-likeness (QED) is 0.668. The van der Waals surface area contributed by atoms with Gasteiger partial charge in [-0.05, 0) is 12.8 Å². The molecule has 0 heterocycles. The molecule has 0 aromatic carbocycles. The van der Waals surface area contributed by atoms with E-state index >= 15 is 0 Å². The van der Waals surface area contributed by atoms with Gasteiger partial charge in [-0.1, -0.05) is 19.3 Å². The first-order valence-corrected chi connectivity index (χ1v) is 5.94. The number of nitrogens with one attached hydrogen (secondary N) is 1. The third-order valence-corrected chi connectivity index (χ3v) is 3.17. The molecule has 0 saturated heterocycles. The Hall–Kier alpha value is -1.30. The summed E-state index contributed by atoms with van der Waals surface area (Å²) in [7, 11) is 1.71. The van der Waals surface area contributed by atoms with Crippen LogP contribution in [0.4, 0.5) is 4.79 Å². The lowest BCUT2D eigenvalue weighted by atomic mass is 9.95. The fraction of sp³-hybridized carbons (Fsp3) is 0.818. The zero-order valence-corrected chi connectivity index (χ0v) is 10.1. The van der Waals surface area contributed by atoms with Crippen molar-refractivity contribution in [2.45, 2.75) is 44.2 Å². The topological polar surface area (TPSA) is 89.9 Å². The Kier molecular flexibility index (Phi) is 5.21. The largest absolute Gasteiger partial charge is 0.479 e. The predicted octanol–water partition coefficient (Wildman–Crippen LogP) is 0.406. The van der Waals surface area contributed by atoms with Crippen LogP contribution in [0.1, 0.15) is 32.1 Å². The standard InChI is InChI=1S/C11H20N2O4/c1-13(8-5-3-2-4-6-8)11(17)12-7-9(14)10(15)16/h8-9,14H,2-7H2,1H3,(H,12,17)(H,15,16)/t9-/m0/s1. The minimum absolute atomic E-state index is 0.228. The van der Waals surface area contributed by atoms with E-state index in [0.29, 0.717) is 0 Å². The second kappa shape index (κ2) is 6.44. The summed E-state index contributed by atoms with van der Waals surface area (Å²) in [5, 5.41) is 19.9. The van der Waals surface area contributed by atoms with Gasteiger partial charge in [-0.25, -0.2) is 9.59 Å². The van der Waals surface area contributed by atoms with E-state index in [1.165, 1.54) is 6.42 Å². The van der Waals surface area contributed by atoms with Crippen molar-refractivity contribution in [1.82, 2.24) is 10.2 Å². The average molecular weight is 244 g/mol. The van der Waals surface area contributed by atoms with Gasteiger partial charge in [-0.15, -0.1) is 0 Å². The van der Waals surface area contributed by atoms with Gasteiger partial charge in [0, 0.05) is 13.1 Å². The number of aliphatic hydroxyl groups excluding tert-OH is 1. The zero-order valence-electron chi connectivity index (χ0n) is 10.1. The highest BCUT2D eigenvalue weighted by atomic mass is 16.4. The van der Waals surface area contributed by atoms with E-state index in [2.05, 4.69) is 5.32 Å². The van der Waals surface area contributed by atoms with Gasteiger partial charge in [-0.2, -0.15) is 0 Å². The monoisotopic (exact) mass is 244 g/mol. The fourth-order valence-corrected chi connectivity index (χ4v) is 2.03. The summed E-state index contributed by atoms with van der Waals surface area (Å²) in [4.78, 5) is 23.7. The maximum atomic E-state index is 11.7. The summed E-state index contributed by atoms with van der Waals surface area (Å²) >= 11 is 0. The lowest BCUT2D eigenvalue weighted by Crippen LogP contribution is -2.47. The minimum Gasteiger partial charge on any atom is -0.479 e. The zero-order chi connectivity index (χ0) is 12.8. The molecule has 6 heteroatoms. The maximum Gasteiger partial charge on any atom is 0.334 e. The molecule has 1 atom stereocenters. The Balaban J connectivity index is 2.33. The summed E-state index contributed by atoms with van der Waals surface area (Å²) < 4.78 is 0. The van der Waals surface area contributed by atoms with Gasteiger partial charge in [-0.3, -0.25) is 0 Å². The van der Waals surface area contributed by atoms with Crippen LogP contribution in [0.2, 0.25) is 0 Å². The number of rotatable bonds is 4. The highest BCUT2D eigenvalue weighted by molar-refractivity contribution is 5.76. The number of aliphatic hydroxyl groups is 1. The van der Waals surface area contributed by atoms with Crippen molar-refractivity contribution >= 4 is 12.0 Å². The SMILES string of the molecule is CN(C(=O)NC[C@H](O)C(=O)O)C1CCCCC1. The van der Waals surface area contributed by atoms with Gasteiger partial charge in [0.1, 0.15) is 0 Å². The van der Waals surface area contributed by atoms with Crippen LogP contribution < -0.4 is 5.32 Å². The Bertz CT molecular complexity index is 277. The second-order valence-electron chi connectivity index (χ2n) is 4.44. The van der Waals surface area contributed by atoms with Crippen LogP contribution in [0.5, 0.6) is 0 Å². The third-order valence-electron chi connectivity index (χ3n) is 3.17. The molecule has 1 rings (SSSR count). The Morgan fingerprint density at radius 1 is 1.35 bits per heavy atom. The lowest BCUT2D eigenvalue weighted by Gasteiger charge is -2.31. The molecule has 1 aliphatic carbocycles. The number of hydrogen-bond acceptors (Lipinski definition) is 3. The molecule has 0 bridgehead atoms. The molecule has 6 nitrogen and oxygen atoms in total. The highest BCUT2D eigenvalue weighted by Crippen LogP contribution is 2.21. The van der Waals surface area contributed by atoms with Crippen LogP contribution in [0.3, 0.4) is 0 Å². The van der Waals surface area contributed by atoms with Gasteiger partial charge >= 0.3 is 12.0 Å². The van der Waals surface area contributed by atoms with Crippen molar-refractivity contribution in [2.75, 3.05) is 13.6 Å². The molecule has 0 aliphatic heterocycles. The number of nitrogens with zero attached hydrogens (tertiary/aromatic N) is 1. The van der Waals surface area contributed by atoms with E-state index in [9.17, 15) is 9.59 Å². The van der Waals surface area contributed by atoms with E-state index in [1.54, 1.807) is 11.9 Å². The summed E-state index contributed by atoms with van der Waals surface area (Å²) in [6.07, 6.45) is 3.90. The first-order valence-electron chi connectivity index (χ1n) is 5.94. The molecule has 17 heavy (non-hydrogen) atoms. The third kappa shape index (κ3) is 4.22. The van der Waals surface area contributed by atoms with E-state index in [4.69, 9.17) is 10.2 Å². The lowest BCUT2D eigenvalue weighted by molar-refractivity contribution is -0.146. The highest BCUT2D eigenvalue weighted by Gasteiger charge is 2.23. The van der Waals surface area contributed by atoms with Crippen LogP contribution >= 0.6 is 0 Å². The van der Waals surface area contributed by atoms with Crippen molar-refractivity contribution in [3.63, 3.8) is 0 Å². The fourth-order valence-electron chi connectivity index (χ4n) is 2.03. The Morgan fingerprint density at radius 2 is 1.94 bits per heavy atom. The van der Waals surface area contributed by atoms with Gasteiger partial charge in [0.15, 0.2) is 6.10 Å². The van der Waals surface area contributed by atoms with Crippen molar-refractivity contribution in [3.05, 3.63) is 0 Å². The van der Waals surface area contributed by atoms with Crippen LogP contribution in [0.15, 0.2) is 0 Å². The van der Waals surface area contributed by atoms with Crippen LogP contribution in [-0.4, -0.2) is 52.9 Å². The summed E-state index contributed by atoms with van der Waals surface area (Å²) in [5.74, 6) is -1.33. The van der Waals surface area contributed by atoms with Crippen LogP contribution in [-0.2, 0) is 4.79 Å². The average Bonchev–Trinajstić information content (AvgIpc) is 2.35. The maximum absolute atomic E-state index is 11.7. The second-order valence-corrected chi connectivity index (χ2v) is 4.44. The number of hydrogen-bond donors (Lipinski definition) is 3. The molecule has 1 aliphatic rings. The number of aliphatic carboxylic acids is 1. The summed E-state index contributed by atoms with van der Waals surface area (Å²) in [6.45, 7) is -0.259. The van der Waals surface area contributed by atoms with Crippen molar-refractivity contribution in [2.24, 2.45) is 0 Å². The Morgan fingerprint density at radius 3 is 2.47 bits per heavy atom. The molecule has 0 radical (unpaired) electrons. The van der Waals surface area contributed by atoms with Crippen LogP contribution in [0, 0.1) is 0 Å². The van der Waals surface area contributed by atoms with E-state index < -0.39 is 12.1 Å². The van der Waals surface area contributed by atoms with Gasteiger partial charge in [0.25, 0.3) is 0 Å². The smallest absolute Gasteiger partial charge is 0.334 e. The molecule has 3 N–H and O–H groups in total. The first-order chi connectivity index (χ1) is 8.02. The molecular weight excluding hydrogens is 224 g/mol. The van der Waals surface area contributed by atoms with E-state index in [1.807, 2.05) is 0 Å². The van der Waals surface area contributed by atoms with E-state index in [0.717, 1.165) is 25.7 Å². The first kappa shape index (κ1) is 13.8. The number of carbonyl (C=O) groups is 2. The molecule has 1 saturated carbocycles. The Labute approximate surface area is 101 Å². The molecule has 0 unspecified atom stereocenters. The van der Waals surface area contributed by atoms with Gasteiger partial charge in [0.2, 0.25) is 0 Å². The summed E-state index contributed by atoms with van der Waals surface area (Å²) in [6, 6.07) is -0.0945. The molecule has 0 aromatic rings.